The van der Waals surface area contributed by atoms with Gasteiger partial charge in [0, 0.05) is 45.3 Å². The van der Waals surface area contributed by atoms with E-state index in [-0.39, 0.29) is 0 Å². The number of nitrogens with zero attached hydrogens (tertiary/aromatic N) is 4. The molecule has 0 aliphatic heterocycles. The van der Waals surface area contributed by atoms with Crippen molar-refractivity contribution in [2.24, 2.45) is 0 Å². The van der Waals surface area contributed by atoms with Crippen LogP contribution in [0.2, 0.25) is 0 Å². The fourth-order valence-electron chi connectivity index (χ4n) is 7.91. The van der Waals surface area contributed by atoms with Gasteiger partial charge in [-0.05, 0) is 64.6 Å². The van der Waals surface area contributed by atoms with Crippen LogP contribution in [0.4, 0.5) is 0 Å². The van der Waals surface area contributed by atoms with E-state index in [1.54, 1.807) is 0 Å². The highest BCUT2D eigenvalue weighted by atomic mass is 16.3. The maximum absolute atomic E-state index is 6.62. The Balaban J connectivity index is 1.18. The lowest BCUT2D eigenvalue weighted by molar-refractivity contribution is 0.669. The van der Waals surface area contributed by atoms with Crippen LogP contribution in [-0.4, -0.2) is 19.9 Å². The van der Waals surface area contributed by atoms with Gasteiger partial charge in [-0.1, -0.05) is 134 Å². The minimum absolute atomic E-state index is 0.563. The molecular weight excluding hydrogens is 637 g/mol. The van der Waals surface area contributed by atoms with Crippen molar-refractivity contribution in [3.63, 3.8) is 0 Å². The highest BCUT2D eigenvalue weighted by molar-refractivity contribution is 6.13. The van der Waals surface area contributed by atoms with E-state index in [0.29, 0.717) is 23.4 Å². The monoisotopic (exact) mass is 670 g/mol. The number of pyridine rings is 1. The first-order valence-electron chi connectivity index (χ1n) is 18.1. The number of aromatic nitrogens is 4. The fourth-order valence-corrected chi connectivity index (χ4v) is 7.91. The molecule has 0 unspecified atom stereocenters. The molecule has 248 valence electrons. The topological polar surface area (TPSA) is 64.7 Å². The molecule has 5 nitrogen and oxygen atoms in total. The number of fused-ring (bicyclic) bond motifs is 4. The van der Waals surface area contributed by atoms with E-state index in [1.165, 1.54) is 47.7 Å². The largest absolute Gasteiger partial charge is 0.455 e. The summed E-state index contributed by atoms with van der Waals surface area (Å²) in [5.74, 6) is 2.38. The summed E-state index contributed by atoms with van der Waals surface area (Å²) < 4.78 is 6.62. The number of hydrogen-bond acceptors (Lipinski definition) is 5. The summed E-state index contributed by atoms with van der Waals surface area (Å²) in [5, 5.41) is 4.43. The summed E-state index contributed by atoms with van der Waals surface area (Å²) in [6.07, 6.45) is 7.16. The van der Waals surface area contributed by atoms with Crippen molar-refractivity contribution in [1.29, 1.82) is 0 Å². The minimum atomic E-state index is 0.563. The predicted molar refractivity (Wildman–Crippen MR) is 211 cm³/mol. The molecule has 52 heavy (non-hydrogen) atoms. The fraction of sp³-hybridized carbons (Fsp3) is 0.106. The van der Waals surface area contributed by atoms with Gasteiger partial charge in [0.1, 0.15) is 11.2 Å². The summed E-state index contributed by atoms with van der Waals surface area (Å²) in [4.78, 5) is 20.1. The molecule has 0 spiro atoms. The van der Waals surface area contributed by atoms with Crippen molar-refractivity contribution in [3.8, 4) is 56.4 Å². The first-order chi connectivity index (χ1) is 25.8. The number of benzene rings is 6. The lowest BCUT2D eigenvalue weighted by Crippen LogP contribution is -2.00. The van der Waals surface area contributed by atoms with Crippen LogP contribution in [0, 0.1) is 0 Å². The normalized spacial score (nSPS) is 13.4. The minimum Gasteiger partial charge on any atom is -0.455 e. The van der Waals surface area contributed by atoms with Crippen molar-refractivity contribution in [3.05, 3.63) is 157 Å². The van der Waals surface area contributed by atoms with E-state index in [2.05, 4.69) is 79.0 Å². The molecule has 0 N–H and O–H groups in total. The maximum atomic E-state index is 6.62. The molecule has 1 aliphatic rings. The predicted octanol–water partition coefficient (Wildman–Crippen LogP) is 12.3. The third kappa shape index (κ3) is 5.33. The lowest BCUT2D eigenvalue weighted by Gasteiger charge is -2.14. The molecule has 3 heterocycles. The zero-order valence-corrected chi connectivity index (χ0v) is 28.5. The second kappa shape index (κ2) is 12.7. The number of furan rings is 1. The van der Waals surface area contributed by atoms with Crippen LogP contribution in [0.25, 0.3) is 89.1 Å². The Bertz CT molecular complexity index is 2670. The molecule has 3 aromatic heterocycles. The summed E-state index contributed by atoms with van der Waals surface area (Å²) in [7, 11) is 0. The summed E-state index contributed by atoms with van der Waals surface area (Å²) >= 11 is 0. The van der Waals surface area contributed by atoms with Crippen LogP contribution in [-0.2, 0) is 0 Å². The quantitative estimate of drug-likeness (QED) is 0.176. The van der Waals surface area contributed by atoms with Gasteiger partial charge < -0.3 is 4.42 Å². The van der Waals surface area contributed by atoms with Crippen LogP contribution in [0.5, 0.6) is 0 Å². The van der Waals surface area contributed by atoms with Gasteiger partial charge in [-0.2, -0.15) is 0 Å². The molecule has 0 bridgehead atoms. The second-order valence-electron chi connectivity index (χ2n) is 13.7. The van der Waals surface area contributed by atoms with Crippen LogP contribution < -0.4 is 0 Å². The first-order valence-corrected chi connectivity index (χ1v) is 18.1. The summed E-state index contributed by atoms with van der Waals surface area (Å²) in [6, 6.07) is 50.5. The number of hydrogen-bond donors (Lipinski definition) is 0. The molecular formula is C47H34N4O. The molecule has 1 fully saturated rings. The first kappa shape index (κ1) is 30.4. The van der Waals surface area contributed by atoms with Gasteiger partial charge in [0.15, 0.2) is 17.5 Å². The molecule has 9 aromatic rings. The van der Waals surface area contributed by atoms with Crippen LogP contribution in [0.3, 0.4) is 0 Å². The Morgan fingerprint density at radius 1 is 0.442 bits per heavy atom. The van der Waals surface area contributed by atoms with E-state index in [9.17, 15) is 0 Å². The van der Waals surface area contributed by atoms with Crippen LogP contribution >= 0.6 is 0 Å². The van der Waals surface area contributed by atoms with Gasteiger partial charge in [-0.15, -0.1) is 0 Å². The average Bonchev–Trinajstić information content (AvgIpc) is 3.90. The Hall–Kier alpha value is -6.46. The van der Waals surface area contributed by atoms with Crippen molar-refractivity contribution in [2.75, 3.05) is 0 Å². The number of rotatable bonds is 6. The molecule has 0 radical (unpaired) electrons. The Kier molecular flexibility index (Phi) is 7.42. The van der Waals surface area contributed by atoms with Crippen molar-refractivity contribution in [2.45, 2.75) is 31.6 Å². The number of para-hydroxylation sites is 1. The van der Waals surface area contributed by atoms with Gasteiger partial charge in [0.25, 0.3) is 0 Å². The van der Waals surface area contributed by atoms with Crippen LogP contribution in [0.15, 0.2) is 156 Å². The van der Waals surface area contributed by atoms with Crippen molar-refractivity contribution < 1.29 is 4.42 Å². The third-order valence-electron chi connectivity index (χ3n) is 10.5. The highest BCUT2D eigenvalue weighted by Gasteiger charge is 2.22. The third-order valence-corrected chi connectivity index (χ3v) is 10.5. The summed E-state index contributed by atoms with van der Waals surface area (Å²) in [5.41, 5.74) is 9.97. The van der Waals surface area contributed by atoms with Gasteiger partial charge in [-0.3, -0.25) is 4.98 Å². The standard InChI is InChI=1S/C47H34N4O/c1-3-15-31(16-4-1)45-49-46(32-17-5-2-6-18-32)51-47(50-45)41-28-34(27-40-39-21-11-12-22-43(39)52-44(40)41)36-25-24-35(37-19-9-10-20-38(36)37)33-23-26-42(48-29-33)30-13-7-8-14-30/h1-6,9-12,15-30H,7-8,13-14H2. The van der Waals surface area contributed by atoms with Crippen molar-refractivity contribution in [1.82, 2.24) is 19.9 Å². The van der Waals surface area contributed by atoms with Crippen LogP contribution in [0.1, 0.15) is 37.3 Å². The van der Waals surface area contributed by atoms with Gasteiger partial charge in [-0.25, -0.2) is 15.0 Å². The average molecular weight is 671 g/mol. The Labute approximate surface area is 301 Å². The molecule has 5 heteroatoms. The smallest absolute Gasteiger partial charge is 0.167 e. The van der Waals surface area contributed by atoms with Gasteiger partial charge in [0.05, 0.1) is 5.56 Å². The Morgan fingerprint density at radius 2 is 1.02 bits per heavy atom. The molecule has 10 rings (SSSR count). The zero-order chi connectivity index (χ0) is 34.4. The molecule has 1 aliphatic carbocycles. The van der Waals surface area contributed by atoms with E-state index < -0.39 is 0 Å². The zero-order valence-electron chi connectivity index (χ0n) is 28.5. The van der Waals surface area contributed by atoms with E-state index in [4.69, 9.17) is 24.4 Å². The van der Waals surface area contributed by atoms with E-state index >= 15 is 0 Å². The lowest BCUT2D eigenvalue weighted by atomic mass is 9.91. The Morgan fingerprint density at radius 3 is 1.65 bits per heavy atom. The van der Waals surface area contributed by atoms with Gasteiger partial charge in [0.2, 0.25) is 0 Å². The molecule has 0 saturated heterocycles. The SMILES string of the molecule is c1ccc(-c2nc(-c3ccccc3)nc(-c3cc(-c4ccc(-c5ccc(C6CCCC6)nc5)c5ccccc45)cc4c3oc3ccccc34)n2)cc1. The molecule has 1 saturated carbocycles. The van der Waals surface area contributed by atoms with E-state index in [1.807, 2.05) is 72.8 Å². The maximum Gasteiger partial charge on any atom is 0.167 e. The molecule has 0 atom stereocenters. The highest BCUT2D eigenvalue weighted by Crippen LogP contribution is 2.42. The summed E-state index contributed by atoms with van der Waals surface area (Å²) in [6.45, 7) is 0. The van der Waals surface area contributed by atoms with E-state index in [0.717, 1.165) is 55.3 Å². The van der Waals surface area contributed by atoms with Gasteiger partial charge >= 0.3 is 0 Å². The molecule has 0 amide bonds. The molecule has 6 aromatic carbocycles. The second-order valence-corrected chi connectivity index (χ2v) is 13.7. The van der Waals surface area contributed by atoms with Crippen molar-refractivity contribution >= 4 is 32.7 Å².